The molecule has 1 amide bonds. The van der Waals surface area contributed by atoms with Crippen molar-refractivity contribution in [3.8, 4) is 17.1 Å². The van der Waals surface area contributed by atoms with E-state index in [2.05, 4.69) is 49.5 Å². The Morgan fingerprint density at radius 2 is 2.08 bits per heavy atom. The van der Waals surface area contributed by atoms with Crippen LogP contribution in [0.25, 0.3) is 22.2 Å². The standard InChI is InChI=1S/C28H37N9O2/c1-7-39-27-23(16-36(6)34-27)32-28-30-13-17(2)24(33-28)21-14-29-25-20(21)9-8-10-22(25)31-26(38)19(4)37-12-11-35(5)15-18(37)3/h8-10,13-14,16,18-19,29H,7,11-12,15H2,1-6H3,(H,31,38)(H,30,32,33)/t18-,19?/m1/s1. The highest BCUT2D eigenvalue weighted by Gasteiger charge is 2.30. The lowest BCUT2D eigenvalue weighted by atomic mass is 10.1. The zero-order valence-electron chi connectivity index (χ0n) is 23.4. The van der Waals surface area contributed by atoms with E-state index in [4.69, 9.17) is 9.72 Å². The summed E-state index contributed by atoms with van der Waals surface area (Å²) in [5, 5.41) is 11.7. The number of aromatic nitrogens is 5. The Morgan fingerprint density at radius 1 is 1.26 bits per heavy atom. The van der Waals surface area contributed by atoms with Crippen molar-refractivity contribution >= 4 is 34.1 Å². The molecule has 2 atom stereocenters. The van der Waals surface area contributed by atoms with Gasteiger partial charge in [0.05, 0.1) is 35.7 Å². The zero-order valence-corrected chi connectivity index (χ0v) is 23.4. The van der Waals surface area contributed by atoms with Crippen molar-refractivity contribution in [1.29, 1.82) is 0 Å². The number of ether oxygens (including phenoxy) is 1. The van der Waals surface area contributed by atoms with Crippen LogP contribution in [0.15, 0.2) is 36.8 Å². The predicted octanol–water partition coefficient (Wildman–Crippen LogP) is 3.77. The number of nitrogens with zero attached hydrogens (tertiary/aromatic N) is 6. The van der Waals surface area contributed by atoms with Crippen LogP contribution in [0, 0.1) is 6.92 Å². The molecule has 0 spiro atoms. The third-order valence-electron chi connectivity index (χ3n) is 7.28. The molecule has 1 aromatic carbocycles. The van der Waals surface area contributed by atoms with Crippen molar-refractivity contribution in [2.45, 2.75) is 39.8 Å². The van der Waals surface area contributed by atoms with Gasteiger partial charge in [0.15, 0.2) is 0 Å². The number of H-pyrrole nitrogens is 1. The van der Waals surface area contributed by atoms with Gasteiger partial charge in [0.2, 0.25) is 11.9 Å². The normalized spacial score (nSPS) is 17.3. The zero-order chi connectivity index (χ0) is 27.7. The molecule has 0 saturated carbocycles. The molecule has 3 N–H and O–H groups in total. The maximum atomic E-state index is 13.3. The second-order valence-corrected chi connectivity index (χ2v) is 10.2. The summed E-state index contributed by atoms with van der Waals surface area (Å²) in [4.78, 5) is 30.5. The molecule has 11 nitrogen and oxygen atoms in total. The molecule has 1 fully saturated rings. The quantitative estimate of drug-likeness (QED) is 0.315. The van der Waals surface area contributed by atoms with E-state index in [1.54, 1.807) is 10.9 Å². The first-order valence-corrected chi connectivity index (χ1v) is 13.4. The Bertz CT molecular complexity index is 1480. The highest BCUT2D eigenvalue weighted by molar-refractivity contribution is 6.06. The fraction of sp³-hybridized carbons (Fsp3) is 0.429. The number of piperazine rings is 1. The maximum absolute atomic E-state index is 13.3. The number of hydrogen-bond acceptors (Lipinski definition) is 8. The molecule has 0 bridgehead atoms. The van der Waals surface area contributed by atoms with Gasteiger partial charge in [-0.15, -0.1) is 5.10 Å². The summed E-state index contributed by atoms with van der Waals surface area (Å²) in [6.45, 7) is 11.4. The first-order valence-electron chi connectivity index (χ1n) is 13.4. The summed E-state index contributed by atoms with van der Waals surface area (Å²) < 4.78 is 7.31. The molecule has 0 radical (unpaired) electrons. The molecule has 0 aliphatic carbocycles. The lowest BCUT2D eigenvalue weighted by molar-refractivity contribution is -0.122. The van der Waals surface area contributed by atoms with E-state index >= 15 is 0 Å². The Hall–Kier alpha value is -3.96. The van der Waals surface area contributed by atoms with Crippen molar-refractivity contribution in [2.75, 3.05) is 43.9 Å². The molecule has 39 heavy (non-hydrogen) atoms. The lowest BCUT2D eigenvalue weighted by Gasteiger charge is -2.41. The van der Waals surface area contributed by atoms with E-state index in [1.165, 1.54) is 0 Å². The molecular weight excluding hydrogens is 494 g/mol. The van der Waals surface area contributed by atoms with Crippen molar-refractivity contribution in [2.24, 2.45) is 7.05 Å². The second-order valence-electron chi connectivity index (χ2n) is 10.2. The molecule has 1 unspecified atom stereocenters. The fourth-order valence-electron chi connectivity index (χ4n) is 5.26. The Balaban J connectivity index is 1.40. The number of amides is 1. The van der Waals surface area contributed by atoms with E-state index in [1.807, 2.05) is 58.4 Å². The Morgan fingerprint density at radius 3 is 2.85 bits per heavy atom. The third kappa shape index (κ3) is 5.45. The highest BCUT2D eigenvalue weighted by atomic mass is 16.5. The van der Waals surface area contributed by atoms with E-state index in [-0.39, 0.29) is 11.9 Å². The van der Waals surface area contributed by atoms with E-state index < -0.39 is 0 Å². The highest BCUT2D eigenvalue weighted by Crippen LogP contribution is 2.34. The van der Waals surface area contributed by atoms with Crippen LogP contribution in [0.3, 0.4) is 0 Å². The van der Waals surface area contributed by atoms with Crippen LogP contribution in [0.2, 0.25) is 0 Å². The molecule has 4 heterocycles. The number of likely N-dealkylation sites (N-methyl/N-ethyl adjacent to an activating group) is 1. The van der Waals surface area contributed by atoms with Gasteiger partial charge in [-0.1, -0.05) is 12.1 Å². The third-order valence-corrected chi connectivity index (χ3v) is 7.28. The number of hydrogen-bond donors (Lipinski definition) is 3. The summed E-state index contributed by atoms with van der Waals surface area (Å²) in [5.74, 6) is 0.929. The number of carbonyl (C=O) groups is 1. The molecule has 11 heteroatoms. The fourth-order valence-corrected chi connectivity index (χ4v) is 5.26. The molecule has 206 valence electrons. The number of carbonyl (C=O) groups excluding carboxylic acids is 1. The second kappa shape index (κ2) is 11.0. The van der Waals surface area contributed by atoms with Crippen molar-refractivity contribution < 1.29 is 9.53 Å². The van der Waals surface area contributed by atoms with Crippen LogP contribution in [0.4, 0.5) is 17.3 Å². The summed E-state index contributed by atoms with van der Waals surface area (Å²) >= 11 is 0. The topological polar surface area (TPSA) is 116 Å². The summed E-state index contributed by atoms with van der Waals surface area (Å²) in [6.07, 6.45) is 5.56. The monoisotopic (exact) mass is 531 g/mol. The summed E-state index contributed by atoms with van der Waals surface area (Å²) in [6, 6.07) is 6.00. The number of anilines is 3. The maximum Gasteiger partial charge on any atom is 0.256 e. The van der Waals surface area contributed by atoms with Crippen LogP contribution >= 0.6 is 0 Å². The van der Waals surface area contributed by atoms with Crippen LogP contribution in [0.5, 0.6) is 5.88 Å². The van der Waals surface area contributed by atoms with Crippen molar-refractivity contribution in [3.63, 3.8) is 0 Å². The van der Waals surface area contributed by atoms with Gasteiger partial charge in [0.25, 0.3) is 5.88 Å². The van der Waals surface area contributed by atoms with Crippen LogP contribution in [-0.4, -0.2) is 85.8 Å². The minimum Gasteiger partial charge on any atom is -0.475 e. The van der Waals surface area contributed by atoms with Gasteiger partial charge in [0, 0.05) is 56.1 Å². The first kappa shape index (κ1) is 26.6. The minimum atomic E-state index is -0.231. The van der Waals surface area contributed by atoms with Crippen molar-refractivity contribution in [1.82, 2.24) is 34.5 Å². The smallest absolute Gasteiger partial charge is 0.256 e. The lowest BCUT2D eigenvalue weighted by Crippen LogP contribution is -2.56. The van der Waals surface area contributed by atoms with Crippen molar-refractivity contribution in [3.05, 3.63) is 42.4 Å². The number of aryl methyl sites for hydroxylation is 2. The van der Waals surface area contributed by atoms with E-state index in [0.717, 1.165) is 53.0 Å². The average Bonchev–Trinajstić information content (AvgIpc) is 3.48. The molecule has 1 aliphatic heterocycles. The number of fused-ring (bicyclic) bond motifs is 1. The molecule has 1 saturated heterocycles. The van der Waals surface area contributed by atoms with E-state index in [0.29, 0.717) is 30.2 Å². The van der Waals surface area contributed by atoms with Crippen LogP contribution in [0.1, 0.15) is 26.3 Å². The minimum absolute atomic E-state index is 0.0127. The van der Waals surface area contributed by atoms with Gasteiger partial charge in [-0.25, -0.2) is 9.97 Å². The number of nitrogens with one attached hydrogen (secondary N) is 3. The summed E-state index contributed by atoms with van der Waals surface area (Å²) in [7, 11) is 3.96. The summed E-state index contributed by atoms with van der Waals surface area (Å²) in [5.41, 5.74) is 4.97. The predicted molar refractivity (Wildman–Crippen MR) is 153 cm³/mol. The number of benzene rings is 1. The van der Waals surface area contributed by atoms with Crippen LogP contribution < -0.4 is 15.4 Å². The van der Waals surface area contributed by atoms with Gasteiger partial charge in [-0.3, -0.25) is 14.4 Å². The molecular formula is C28H37N9O2. The molecule has 1 aliphatic rings. The average molecular weight is 532 g/mol. The molecule has 3 aromatic heterocycles. The van der Waals surface area contributed by atoms with Gasteiger partial charge < -0.3 is 25.3 Å². The number of para-hydroxylation sites is 1. The Kier molecular flexibility index (Phi) is 7.53. The van der Waals surface area contributed by atoms with Gasteiger partial charge >= 0.3 is 0 Å². The van der Waals surface area contributed by atoms with E-state index in [9.17, 15) is 4.79 Å². The van der Waals surface area contributed by atoms with Gasteiger partial charge in [-0.2, -0.15) is 0 Å². The Labute approximate surface area is 228 Å². The molecule has 4 aromatic rings. The van der Waals surface area contributed by atoms with Gasteiger partial charge in [0.1, 0.15) is 5.69 Å². The first-order chi connectivity index (χ1) is 18.7. The largest absolute Gasteiger partial charge is 0.475 e. The van der Waals surface area contributed by atoms with Crippen LogP contribution in [-0.2, 0) is 11.8 Å². The van der Waals surface area contributed by atoms with Gasteiger partial charge in [-0.05, 0) is 46.4 Å². The number of rotatable bonds is 8. The number of aromatic amines is 1. The SMILES string of the molecule is CCOc1nn(C)cc1Nc1ncc(C)c(-c2c[nH]c3c(NC(=O)C(C)N4CCN(C)C[C@H]4C)cccc23)n1. The molecule has 5 rings (SSSR count).